The maximum atomic E-state index is 6.24. The minimum Gasteiger partial charge on any atom is -0.370 e. The fraction of sp³-hybridized carbons (Fsp3) is 0.353. The topological polar surface area (TPSA) is 41.6 Å². The first kappa shape index (κ1) is 13.1. The van der Waals surface area contributed by atoms with Crippen molar-refractivity contribution in [3.8, 4) is 0 Å². The Morgan fingerprint density at radius 2 is 2.05 bits per heavy atom. The number of aliphatic imine (C=N–C) groups is 1. The van der Waals surface area contributed by atoms with E-state index in [1.54, 1.807) is 0 Å². The van der Waals surface area contributed by atoms with Gasteiger partial charge in [-0.2, -0.15) is 0 Å². The van der Waals surface area contributed by atoms with Gasteiger partial charge in [0.25, 0.3) is 0 Å². The van der Waals surface area contributed by atoms with Gasteiger partial charge in [-0.15, -0.1) is 0 Å². The summed E-state index contributed by atoms with van der Waals surface area (Å²) in [6, 6.07) is 11.2. The van der Waals surface area contributed by atoms with Crippen molar-refractivity contribution in [1.29, 1.82) is 0 Å². The SMILES string of the molecule is CC1CN(C(N)=NC2CC2)c2ccc3c(Br)cccc3c21. The molecule has 108 valence electrons. The van der Waals surface area contributed by atoms with E-state index in [-0.39, 0.29) is 0 Å². The Labute approximate surface area is 133 Å². The lowest BCUT2D eigenvalue weighted by molar-refractivity contribution is 0.821. The van der Waals surface area contributed by atoms with E-state index in [1.807, 2.05) is 0 Å². The summed E-state index contributed by atoms with van der Waals surface area (Å²) >= 11 is 3.65. The average Bonchev–Trinajstić information content (AvgIpc) is 3.21. The Morgan fingerprint density at radius 1 is 1.24 bits per heavy atom. The summed E-state index contributed by atoms with van der Waals surface area (Å²) in [5.41, 5.74) is 8.85. The molecule has 4 heteroatoms. The number of hydrogen-bond donors (Lipinski definition) is 1. The summed E-state index contributed by atoms with van der Waals surface area (Å²) in [5, 5.41) is 2.58. The van der Waals surface area contributed by atoms with Crippen LogP contribution in [-0.2, 0) is 0 Å². The number of halogens is 1. The third kappa shape index (κ3) is 2.13. The van der Waals surface area contributed by atoms with Crippen molar-refractivity contribution in [3.63, 3.8) is 0 Å². The summed E-state index contributed by atoms with van der Waals surface area (Å²) in [6.07, 6.45) is 2.36. The molecular formula is C17H18BrN3. The van der Waals surface area contributed by atoms with Gasteiger partial charge < -0.3 is 10.6 Å². The Morgan fingerprint density at radius 3 is 2.81 bits per heavy atom. The first-order chi connectivity index (χ1) is 10.1. The van der Waals surface area contributed by atoms with E-state index in [0.29, 0.717) is 17.9 Å². The highest BCUT2D eigenvalue weighted by Gasteiger charge is 2.31. The van der Waals surface area contributed by atoms with Gasteiger partial charge in [0.2, 0.25) is 0 Å². The molecule has 21 heavy (non-hydrogen) atoms. The van der Waals surface area contributed by atoms with E-state index in [4.69, 9.17) is 5.73 Å². The molecule has 2 aromatic carbocycles. The summed E-state index contributed by atoms with van der Waals surface area (Å²) in [6.45, 7) is 3.19. The number of nitrogens with zero attached hydrogens (tertiary/aromatic N) is 2. The van der Waals surface area contributed by atoms with Crippen molar-refractivity contribution in [2.24, 2.45) is 10.7 Å². The highest BCUT2D eigenvalue weighted by molar-refractivity contribution is 9.10. The third-order valence-electron chi connectivity index (χ3n) is 4.41. The van der Waals surface area contributed by atoms with Crippen molar-refractivity contribution >= 4 is 38.3 Å². The van der Waals surface area contributed by atoms with Gasteiger partial charge in [0.1, 0.15) is 0 Å². The average molecular weight is 344 g/mol. The third-order valence-corrected chi connectivity index (χ3v) is 5.10. The lowest BCUT2D eigenvalue weighted by Crippen LogP contribution is -2.36. The van der Waals surface area contributed by atoms with Crippen LogP contribution >= 0.6 is 15.9 Å². The quantitative estimate of drug-likeness (QED) is 0.628. The molecule has 0 saturated heterocycles. The standard InChI is InChI=1S/C17H18BrN3/c1-10-9-21(17(19)20-11-5-6-11)15-8-7-12-13(16(10)15)3-2-4-14(12)18/h2-4,7-8,10-11H,5-6,9H2,1H3,(H2,19,20). The van der Waals surface area contributed by atoms with E-state index in [0.717, 1.165) is 11.0 Å². The number of hydrogen-bond acceptors (Lipinski definition) is 1. The van der Waals surface area contributed by atoms with Gasteiger partial charge in [0.05, 0.1) is 6.04 Å². The summed E-state index contributed by atoms with van der Waals surface area (Å²) in [7, 11) is 0. The summed E-state index contributed by atoms with van der Waals surface area (Å²) in [5.74, 6) is 1.14. The summed E-state index contributed by atoms with van der Waals surface area (Å²) < 4.78 is 1.15. The van der Waals surface area contributed by atoms with Crippen LogP contribution in [0.2, 0.25) is 0 Å². The maximum absolute atomic E-state index is 6.24. The van der Waals surface area contributed by atoms with Crippen LogP contribution in [0, 0.1) is 0 Å². The number of benzene rings is 2. The van der Waals surface area contributed by atoms with Crippen LogP contribution in [-0.4, -0.2) is 18.5 Å². The first-order valence-corrected chi connectivity index (χ1v) is 8.26. The Balaban J connectivity index is 1.87. The van der Waals surface area contributed by atoms with Crippen LogP contribution in [0.5, 0.6) is 0 Å². The van der Waals surface area contributed by atoms with Gasteiger partial charge in [-0.05, 0) is 41.3 Å². The van der Waals surface area contributed by atoms with Gasteiger partial charge >= 0.3 is 0 Å². The maximum Gasteiger partial charge on any atom is 0.196 e. The zero-order valence-electron chi connectivity index (χ0n) is 12.0. The lowest BCUT2D eigenvalue weighted by Gasteiger charge is -2.18. The van der Waals surface area contributed by atoms with Crippen LogP contribution in [0.15, 0.2) is 39.8 Å². The predicted octanol–water partition coefficient (Wildman–Crippen LogP) is 4.00. The number of fused-ring (bicyclic) bond motifs is 3. The van der Waals surface area contributed by atoms with Crippen LogP contribution in [0.3, 0.4) is 0 Å². The highest BCUT2D eigenvalue weighted by Crippen LogP contribution is 2.42. The molecule has 0 spiro atoms. The van der Waals surface area contributed by atoms with Gasteiger partial charge in [0.15, 0.2) is 5.96 Å². The van der Waals surface area contributed by atoms with Crippen LogP contribution in [0.1, 0.15) is 31.2 Å². The van der Waals surface area contributed by atoms with Gasteiger partial charge in [-0.25, -0.2) is 4.99 Å². The molecule has 2 aromatic rings. The largest absolute Gasteiger partial charge is 0.370 e. The molecule has 1 saturated carbocycles. The van der Waals surface area contributed by atoms with E-state index < -0.39 is 0 Å². The second-order valence-electron chi connectivity index (χ2n) is 6.06. The number of guanidine groups is 1. The fourth-order valence-electron chi connectivity index (χ4n) is 3.23. The zero-order chi connectivity index (χ0) is 14.6. The van der Waals surface area contributed by atoms with Crippen LogP contribution < -0.4 is 10.6 Å². The second-order valence-corrected chi connectivity index (χ2v) is 6.92. The van der Waals surface area contributed by atoms with Crippen molar-refractivity contribution in [2.75, 3.05) is 11.4 Å². The Hall–Kier alpha value is -1.55. The monoisotopic (exact) mass is 343 g/mol. The molecule has 2 N–H and O–H groups in total. The van der Waals surface area contributed by atoms with Gasteiger partial charge in [-0.1, -0.05) is 41.1 Å². The molecular weight excluding hydrogens is 326 g/mol. The van der Waals surface area contributed by atoms with Crippen LogP contribution in [0.25, 0.3) is 10.8 Å². The molecule has 0 radical (unpaired) electrons. The molecule has 0 aromatic heterocycles. The lowest BCUT2D eigenvalue weighted by atomic mass is 9.96. The smallest absolute Gasteiger partial charge is 0.196 e. The molecule has 2 aliphatic rings. The molecule has 0 amide bonds. The number of anilines is 1. The molecule has 1 heterocycles. The number of nitrogens with two attached hydrogens (primary N) is 1. The molecule has 0 bridgehead atoms. The molecule has 1 fully saturated rings. The van der Waals surface area contributed by atoms with Gasteiger partial charge in [-0.3, -0.25) is 0 Å². The van der Waals surface area contributed by atoms with E-state index >= 15 is 0 Å². The zero-order valence-corrected chi connectivity index (χ0v) is 13.6. The van der Waals surface area contributed by atoms with E-state index in [1.165, 1.54) is 34.9 Å². The fourth-order valence-corrected chi connectivity index (χ4v) is 3.72. The number of rotatable bonds is 1. The molecule has 1 unspecified atom stereocenters. The molecule has 1 atom stereocenters. The molecule has 1 aliphatic carbocycles. The van der Waals surface area contributed by atoms with Crippen molar-refractivity contribution in [1.82, 2.24) is 0 Å². The molecule has 4 rings (SSSR count). The van der Waals surface area contributed by atoms with Crippen molar-refractivity contribution in [3.05, 3.63) is 40.4 Å². The van der Waals surface area contributed by atoms with Gasteiger partial charge in [0, 0.05) is 22.6 Å². The van der Waals surface area contributed by atoms with E-state index in [2.05, 4.69) is 63.1 Å². The molecule has 3 nitrogen and oxygen atoms in total. The van der Waals surface area contributed by atoms with Crippen molar-refractivity contribution < 1.29 is 0 Å². The highest BCUT2D eigenvalue weighted by atomic mass is 79.9. The minimum atomic E-state index is 0.457. The minimum absolute atomic E-state index is 0.457. The first-order valence-electron chi connectivity index (χ1n) is 7.47. The van der Waals surface area contributed by atoms with Crippen molar-refractivity contribution in [2.45, 2.75) is 31.7 Å². The predicted molar refractivity (Wildman–Crippen MR) is 92.1 cm³/mol. The Kier molecular flexibility index (Phi) is 2.96. The summed E-state index contributed by atoms with van der Waals surface area (Å²) in [4.78, 5) is 6.79. The second kappa shape index (κ2) is 4.73. The van der Waals surface area contributed by atoms with E-state index in [9.17, 15) is 0 Å². The Bertz CT molecular complexity index is 749. The van der Waals surface area contributed by atoms with Crippen LogP contribution in [0.4, 0.5) is 5.69 Å². The normalized spacial score (nSPS) is 21.9. The molecule has 1 aliphatic heterocycles.